The van der Waals surface area contributed by atoms with Gasteiger partial charge in [0.25, 0.3) is 0 Å². The van der Waals surface area contributed by atoms with Crippen LogP contribution in [0, 0.1) is 5.92 Å². The van der Waals surface area contributed by atoms with E-state index in [2.05, 4.69) is 35.3 Å². The maximum Gasteiger partial charge on any atom is 0.217 e. The molecule has 0 spiro atoms. The summed E-state index contributed by atoms with van der Waals surface area (Å²) in [5, 5.41) is 23.6. The van der Waals surface area contributed by atoms with Crippen molar-refractivity contribution in [1.82, 2.24) is 10.2 Å². The minimum atomic E-state index is -0.634. The molecule has 0 bridgehead atoms. The first kappa shape index (κ1) is 32.5. The molecule has 0 saturated carbocycles. The van der Waals surface area contributed by atoms with Crippen molar-refractivity contribution >= 4 is 5.91 Å². The lowest BCUT2D eigenvalue weighted by molar-refractivity contribution is -0.276. The van der Waals surface area contributed by atoms with E-state index in [0.717, 1.165) is 38.9 Å². The van der Waals surface area contributed by atoms with Gasteiger partial charge in [-0.15, -0.1) is 0 Å². The molecule has 0 aromatic heterocycles. The zero-order valence-corrected chi connectivity index (χ0v) is 26.5. The molecule has 1 aliphatic rings. The van der Waals surface area contributed by atoms with Gasteiger partial charge in [-0.2, -0.15) is 0 Å². The Kier molecular flexibility index (Phi) is 10.8. The average Bonchev–Trinajstić information content (AvgIpc) is 3.08. The zero-order chi connectivity index (χ0) is 31.9. The van der Waals surface area contributed by atoms with Crippen LogP contribution in [-0.2, 0) is 27.4 Å². The second-order valence-corrected chi connectivity index (χ2v) is 12.0. The fraction of sp³-hybridized carbons (Fsp3) is 0.342. The quantitative estimate of drug-likeness (QED) is 0.184. The number of likely N-dealkylation sites (N-methyl/N-ethyl adjacent to an activating group) is 1. The lowest BCUT2D eigenvalue weighted by atomic mass is 9.89. The van der Waals surface area contributed by atoms with Crippen molar-refractivity contribution in [3.63, 3.8) is 0 Å². The minimum absolute atomic E-state index is 0.0115. The summed E-state index contributed by atoms with van der Waals surface area (Å²) in [7, 11) is 2.02. The first-order valence-electron chi connectivity index (χ1n) is 15.6. The molecule has 7 nitrogen and oxygen atoms in total. The van der Waals surface area contributed by atoms with E-state index in [-0.39, 0.29) is 36.7 Å². The molecule has 0 aliphatic carbocycles. The Morgan fingerprint density at radius 2 is 1.53 bits per heavy atom. The molecule has 7 heteroatoms. The Morgan fingerprint density at radius 3 is 2.20 bits per heavy atom. The maximum atomic E-state index is 11.5. The molecule has 1 heterocycles. The monoisotopic (exact) mass is 608 g/mol. The normalized spacial score (nSPS) is 21.3. The van der Waals surface area contributed by atoms with E-state index in [1.165, 1.54) is 6.92 Å². The van der Waals surface area contributed by atoms with Crippen LogP contribution >= 0.6 is 0 Å². The highest BCUT2D eigenvalue weighted by atomic mass is 16.7. The molecule has 1 aliphatic heterocycles. The fourth-order valence-corrected chi connectivity index (χ4v) is 5.94. The topological polar surface area (TPSA) is 91.3 Å². The van der Waals surface area contributed by atoms with Crippen molar-refractivity contribution in [3.8, 4) is 11.1 Å². The zero-order valence-electron chi connectivity index (χ0n) is 26.5. The van der Waals surface area contributed by atoms with Gasteiger partial charge >= 0.3 is 0 Å². The van der Waals surface area contributed by atoms with Gasteiger partial charge in [0.2, 0.25) is 5.91 Å². The van der Waals surface area contributed by atoms with Crippen molar-refractivity contribution in [2.24, 2.45) is 5.92 Å². The van der Waals surface area contributed by atoms with Gasteiger partial charge < -0.3 is 25.0 Å². The summed E-state index contributed by atoms with van der Waals surface area (Å²) in [4.78, 5) is 13.7. The molecule has 4 aromatic carbocycles. The Labute approximate surface area is 266 Å². The van der Waals surface area contributed by atoms with Crippen LogP contribution in [0.25, 0.3) is 11.1 Å². The average molecular weight is 609 g/mol. The molecule has 0 radical (unpaired) electrons. The number of carbonyl (C=O) groups is 1. The molecule has 236 valence electrons. The number of ether oxygens (including phenoxy) is 2. The summed E-state index contributed by atoms with van der Waals surface area (Å²) in [6.07, 6.45) is -1.65. The Hall–Kier alpha value is -3.85. The van der Waals surface area contributed by atoms with Crippen LogP contribution in [0.3, 0.4) is 0 Å². The first-order chi connectivity index (χ1) is 21.7. The Balaban J connectivity index is 1.39. The summed E-state index contributed by atoms with van der Waals surface area (Å²) in [5.74, 6) is -0.0460. The molecule has 1 fully saturated rings. The summed E-state index contributed by atoms with van der Waals surface area (Å²) in [5.41, 5.74) is 6.82. The van der Waals surface area contributed by atoms with Crippen LogP contribution in [0.2, 0.25) is 0 Å². The van der Waals surface area contributed by atoms with Crippen LogP contribution in [0.4, 0.5) is 0 Å². The van der Waals surface area contributed by atoms with E-state index in [4.69, 9.17) is 9.47 Å². The predicted molar refractivity (Wildman–Crippen MR) is 176 cm³/mol. The van der Waals surface area contributed by atoms with Gasteiger partial charge in [0.05, 0.1) is 24.9 Å². The van der Waals surface area contributed by atoms with Gasteiger partial charge in [0.15, 0.2) is 6.29 Å². The molecule has 0 unspecified atom stereocenters. The van der Waals surface area contributed by atoms with Crippen LogP contribution < -0.4 is 5.32 Å². The minimum Gasteiger partial charge on any atom is -0.392 e. The van der Waals surface area contributed by atoms with E-state index < -0.39 is 12.4 Å². The lowest BCUT2D eigenvalue weighted by Gasteiger charge is -2.43. The summed E-state index contributed by atoms with van der Waals surface area (Å²) in [6, 6.07) is 33.8. The summed E-state index contributed by atoms with van der Waals surface area (Å²) in [6.45, 7) is 6.75. The van der Waals surface area contributed by atoms with E-state index in [9.17, 15) is 15.0 Å². The number of carbonyl (C=O) groups excluding carboxylic acids is 1. The van der Waals surface area contributed by atoms with Gasteiger partial charge in [0.1, 0.15) is 0 Å². The fourth-order valence-electron chi connectivity index (χ4n) is 5.94. The largest absolute Gasteiger partial charge is 0.392 e. The molecular weight excluding hydrogens is 564 g/mol. The number of nitrogens with one attached hydrogen (secondary N) is 1. The predicted octanol–water partition coefficient (Wildman–Crippen LogP) is 6.33. The summed E-state index contributed by atoms with van der Waals surface area (Å²) < 4.78 is 13.4. The first-order valence-corrected chi connectivity index (χ1v) is 15.6. The number of aliphatic hydroxyl groups is 2. The highest BCUT2D eigenvalue weighted by Gasteiger charge is 2.39. The molecule has 5 rings (SSSR count). The van der Waals surface area contributed by atoms with E-state index >= 15 is 0 Å². The number of aliphatic hydroxyl groups excluding tert-OH is 2. The second-order valence-electron chi connectivity index (χ2n) is 12.0. The Morgan fingerprint density at radius 1 is 0.889 bits per heavy atom. The highest BCUT2D eigenvalue weighted by Crippen LogP contribution is 2.42. The molecule has 4 aromatic rings. The van der Waals surface area contributed by atoms with Crippen molar-refractivity contribution in [3.05, 3.63) is 131 Å². The number of nitrogens with zero attached hydrogens (tertiary/aromatic N) is 1. The standard InChI is InChI=1S/C38H44N2O5/c1-25-35(23-40(4)26(2)36(43)30-10-6-5-7-11-30)44-38(45-37(25)31-16-14-28(24-41)15-17-31)32-20-18-29(19-21-32)34-13-9-8-12-33(34)22-39-27(3)42/h5-21,25-26,35-38,41,43H,22-24H2,1-4H3,(H,39,42)/t25-,26-,35+,36-,37+,38+/m1/s1. The number of benzene rings is 4. The van der Waals surface area contributed by atoms with Gasteiger partial charge in [-0.05, 0) is 47.4 Å². The van der Waals surface area contributed by atoms with E-state index in [1.807, 2.05) is 98.9 Å². The second kappa shape index (κ2) is 15.0. The van der Waals surface area contributed by atoms with Crippen LogP contribution in [0.15, 0.2) is 103 Å². The van der Waals surface area contributed by atoms with Crippen LogP contribution in [0.5, 0.6) is 0 Å². The maximum absolute atomic E-state index is 11.5. The number of rotatable bonds is 11. The van der Waals surface area contributed by atoms with Gasteiger partial charge in [0, 0.05) is 37.5 Å². The SMILES string of the molecule is CC(=O)NCc1ccccc1-c1ccc([C@H]2O[C@@H](CN(C)[C@H](C)[C@@H](O)c3ccccc3)[C@@H](C)[C@@H](c3ccc(CO)cc3)O2)cc1. The van der Waals surface area contributed by atoms with Crippen molar-refractivity contribution in [2.75, 3.05) is 13.6 Å². The van der Waals surface area contributed by atoms with Gasteiger partial charge in [-0.25, -0.2) is 0 Å². The molecule has 1 amide bonds. The molecule has 45 heavy (non-hydrogen) atoms. The third-order valence-corrected chi connectivity index (χ3v) is 8.92. The third kappa shape index (κ3) is 7.87. The van der Waals surface area contributed by atoms with Crippen molar-refractivity contribution in [1.29, 1.82) is 0 Å². The van der Waals surface area contributed by atoms with Crippen molar-refractivity contribution in [2.45, 2.75) is 64.6 Å². The molecule has 6 atom stereocenters. The number of hydrogen-bond acceptors (Lipinski definition) is 6. The summed E-state index contributed by atoms with van der Waals surface area (Å²) >= 11 is 0. The number of amides is 1. The lowest BCUT2D eigenvalue weighted by Crippen LogP contribution is -2.46. The Bertz CT molecular complexity index is 1530. The van der Waals surface area contributed by atoms with Gasteiger partial charge in [-0.3, -0.25) is 9.69 Å². The third-order valence-electron chi connectivity index (χ3n) is 8.92. The number of hydrogen-bond donors (Lipinski definition) is 3. The van der Waals surface area contributed by atoms with Crippen LogP contribution in [-0.4, -0.2) is 46.8 Å². The highest BCUT2D eigenvalue weighted by molar-refractivity contribution is 5.74. The smallest absolute Gasteiger partial charge is 0.217 e. The molecular formula is C38H44N2O5. The van der Waals surface area contributed by atoms with E-state index in [1.54, 1.807) is 0 Å². The van der Waals surface area contributed by atoms with Gasteiger partial charge in [-0.1, -0.05) is 110 Å². The molecule has 1 saturated heterocycles. The van der Waals surface area contributed by atoms with E-state index in [0.29, 0.717) is 13.1 Å². The molecule has 3 N–H and O–H groups in total. The van der Waals surface area contributed by atoms with Crippen LogP contribution in [0.1, 0.15) is 67.1 Å². The van der Waals surface area contributed by atoms with Crippen molar-refractivity contribution < 1.29 is 24.5 Å².